The predicted molar refractivity (Wildman–Crippen MR) is 111 cm³/mol. The zero-order valence-electron chi connectivity index (χ0n) is 17.0. The van der Waals surface area contributed by atoms with E-state index in [-0.39, 0.29) is 11.6 Å². The monoisotopic (exact) mass is 433 g/mol. The molecule has 0 saturated carbocycles. The summed E-state index contributed by atoms with van der Waals surface area (Å²) in [6.45, 7) is 1.31. The second kappa shape index (κ2) is 7.73. The van der Waals surface area contributed by atoms with Crippen molar-refractivity contribution in [1.29, 1.82) is 0 Å². The zero-order valence-corrected chi connectivity index (χ0v) is 17.0. The van der Waals surface area contributed by atoms with Crippen molar-refractivity contribution in [3.8, 4) is 11.1 Å². The predicted octanol–water partition coefficient (Wildman–Crippen LogP) is 3.17. The number of urea groups is 1. The van der Waals surface area contributed by atoms with Gasteiger partial charge in [-0.15, -0.1) is 0 Å². The van der Waals surface area contributed by atoms with Gasteiger partial charge in [0.15, 0.2) is 5.82 Å². The van der Waals surface area contributed by atoms with Gasteiger partial charge >= 0.3 is 12.2 Å². The number of hydrogen-bond donors (Lipinski definition) is 2. The molecular weight excluding hydrogens is 411 g/mol. The number of nitrogen functional groups attached to an aromatic ring is 1. The topological polar surface area (TPSA) is 91.8 Å². The van der Waals surface area contributed by atoms with Gasteiger partial charge in [-0.2, -0.15) is 13.2 Å². The number of amides is 2. The van der Waals surface area contributed by atoms with Crippen LogP contribution in [0.1, 0.15) is 12.0 Å². The summed E-state index contributed by atoms with van der Waals surface area (Å²) < 4.78 is 41.0. The van der Waals surface area contributed by atoms with Gasteiger partial charge in [-0.05, 0) is 38.7 Å². The number of carbonyl (C=O) groups excluding carboxylic acids is 1. The number of anilines is 2. The molecule has 0 aromatic carbocycles. The van der Waals surface area contributed by atoms with Crippen molar-refractivity contribution in [3.05, 3.63) is 42.4 Å². The number of carbonyl (C=O) groups is 1. The molecule has 164 valence electrons. The van der Waals surface area contributed by atoms with Crippen LogP contribution in [0, 0.1) is 0 Å². The van der Waals surface area contributed by atoms with E-state index in [1.54, 1.807) is 33.8 Å². The van der Waals surface area contributed by atoms with E-state index >= 15 is 0 Å². The zero-order chi connectivity index (χ0) is 22.3. The maximum absolute atomic E-state index is 13.1. The van der Waals surface area contributed by atoms with E-state index in [1.807, 2.05) is 14.1 Å². The number of nitrogens with two attached hydrogens (primary N) is 1. The van der Waals surface area contributed by atoms with Gasteiger partial charge in [0.1, 0.15) is 11.5 Å². The Labute approximate surface area is 176 Å². The van der Waals surface area contributed by atoms with E-state index < -0.39 is 17.6 Å². The standard InChI is InChI=1S/C20H22F3N7O/c1-28(2)14-5-6-29(10-14)19(31)27-16-11-30-9-12(3-4-17(30)26-16)13-7-15(20(21,22)23)18(24)25-8-13/h3-4,7-9,11,14H,5-6,10H2,1-2H3,(H2,24,25)(H,27,31). The van der Waals surface area contributed by atoms with Gasteiger partial charge < -0.3 is 19.9 Å². The number of nitrogens with zero attached hydrogens (tertiary/aromatic N) is 5. The number of likely N-dealkylation sites (N-methyl/N-ethyl adjacent to an activating group) is 1. The third-order valence-corrected chi connectivity index (χ3v) is 5.42. The lowest BCUT2D eigenvalue weighted by Gasteiger charge is -2.20. The van der Waals surface area contributed by atoms with Crippen molar-refractivity contribution < 1.29 is 18.0 Å². The fraction of sp³-hybridized carbons (Fsp3) is 0.350. The number of likely N-dealkylation sites (tertiary alicyclic amines) is 1. The third kappa shape index (κ3) is 4.26. The quantitative estimate of drug-likeness (QED) is 0.662. The lowest BCUT2D eigenvalue weighted by atomic mass is 10.1. The van der Waals surface area contributed by atoms with E-state index in [0.29, 0.717) is 36.2 Å². The summed E-state index contributed by atoms with van der Waals surface area (Å²) in [5, 5.41) is 2.79. The molecule has 4 rings (SSSR count). The highest BCUT2D eigenvalue weighted by atomic mass is 19.4. The van der Waals surface area contributed by atoms with Gasteiger partial charge in [0.05, 0.1) is 11.8 Å². The minimum absolute atomic E-state index is 0.231. The molecule has 0 spiro atoms. The van der Waals surface area contributed by atoms with Crippen LogP contribution in [0.25, 0.3) is 16.8 Å². The van der Waals surface area contributed by atoms with Crippen molar-refractivity contribution in [2.45, 2.75) is 18.6 Å². The number of halogens is 3. The third-order valence-electron chi connectivity index (χ3n) is 5.42. The molecule has 1 aliphatic rings. The highest BCUT2D eigenvalue weighted by molar-refractivity contribution is 5.89. The molecule has 1 atom stereocenters. The lowest BCUT2D eigenvalue weighted by Crippen LogP contribution is -2.36. The Bertz CT molecular complexity index is 1130. The van der Waals surface area contributed by atoms with Gasteiger partial charge in [0, 0.05) is 42.7 Å². The van der Waals surface area contributed by atoms with Gasteiger partial charge in [-0.3, -0.25) is 5.32 Å². The summed E-state index contributed by atoms with van der Waals surface area (Å²) in [6, 6.07) is 4.36. The first-order valence-corrected chi connectivity index (χ1v) is 9.66. The molecule has 31 heavy (non-hydrogen) atoms. The number of aromatic nitrogens is 3. The number of imidazole rings is 1. The van der Waals surface area contributed by atoms with Crippen LogP contribution < -0.4 is 11.1 Å². The Kier molecular flexibility index (Phi) is 5.21. The molecule has 2 amide bonds. The first-order valence-electron chi connectivity index (χ1n) is 9.66. The van der Waals surface area contributed by atoms with E-state index in [0.717, 1.165) is 12.5 Å². The molecule has 0 bridgehead atoms. The maximum atomic E-state index is 13.1. The van der Waals surface area contributed by atoms with E-state index in [4.69, 9.17) is 5.73 Å². The molecule has 1 unspecified atom stereocenters. The fourth-order valence-corrected chi connectivity index (χ4v) is 3.62. The second-order valence-electron chi connectivity index (χ2n) is 7.75. The number of pyridine rings is 2. The molecule has 3 aromatic rings. The number of rotatable bonds is 3. The molecule has 3 N–H and O–H groups in total. The Morgan fingerprint density at radius 1 is 1.26 bits per heavy atom. The fourth-order valence-electron chi connectivity index (χ4n) is 3.62. The van der Waals surface area contributed by atoms with Crippen molar-refractivity contribution >= 4 is 23.3 Å². The minimum Gasteiger partial charge on any atom is -0.383 e. The SMILES string of the molecule is CN(C)C1CCN(C(=O)Nc2cn3cc(-c4cnc(N)c(C(F)(F)F)c4)ccc3n2)C1. The smallest absolute Gasteiger partial charge is 0.383 e. The molecule has 1 saturated heterocycles. The summed E-state index contributed by atoms with van der Waals surface area (Å²) in [6.07, 6.45) is 0.851. The van der Waals surface area contributed by atoms with Crippen LogP contribution in [0.4, 0.5) is 29.6 Å². The Balaban J connectivity index is 1.55. The van der Waals surface area contributed by atoms with E-state index in [9.17, 15) is 18.0 Å². The summed E-state index contributed by atoms with van der Waals surface area (Å²) in [5.41, 5.74) is 5.72. The molecule has 8 nitrogen and oxygen atoms in total. The van der Waals surface area contributed by atoms with E-state index in [2.05, 4.69) is 20.2 Å². The number of alkyl halides is 3. The lowest BCUT2D eigenvalue weighted by molar-refractivity contribution is -0.137. The normalized spacial score (nSPS) is 17.0. The van der Waals surface area contributed by atoms with Crippen molar-refractivity contribution in [2.24, 2.45) is 0 Å². The molecule has 4 heterocycles. The van der Waals surface area contributed by atoms with Gasteiger partial charge in [0.2, 0.25) is 0 Å². The molecule has 3 aromatic heterocycles. The summed E-state index contributed by atoms with van der Waals surface area (Å²) in [7, 11) is 3.97. The molecule has 11 heteroatoms. The van der Waals surface area contributed by atoms with Crippen LogP contribution in [0.2, 0.25) is 0 Å². The average molecular weight is 433 g/mol. The van der Waals surface area contributed by atoms with Crippen molar-refractivity contribution in [2.75, 3.05) is 38.2 Å². The number of fused-ring (bicyclic) bond motifs is 1. The Morgan fingerprint density at radius 3 is 2.71 bits per heavy atom. The van der Waals surface area contributed by atoms with Crippen LogP contribution in [0.15, 0.2) is 36.8 Å². The Morgan fingerprint density at radius 2 is 2.03 bits per heavy atom. The summed E-state index contributed by atoms with van der Waals surface area (Å²) in [4.78, 5) is 24.4. The van der Waals surface area contributed by atoms with Crippen LogP contribution in [0.3, 0.4) is 0 Å². The van der Waals surface area contributed by atoms with Crippen LogP contribution >= 0.6 is 0 Å². The van der Waals surface area contributed by atoms with Crippen LogP contribution in [0.5, 0.6) is 0 Å². The number of hydrogen-bond acceptors (Lipinski definition) is 5. The molecule has 1 aliphatic heterocycles. The largest absolute Gasteiger partial charge is 0.419 e. The molecular formula is C20H22F3N7O. The van der Waals surface area contributed by atoms with Crippen molar-refractivity contribution in [3.63, 3.8) is 0 Å². The van der Waals surface area contributed by atoms with Gasteiger partial charge in [-0.1, -0.05) is 0 Å². The minimum atomic E-state index is -4.59. The van der Waals surface area contributed by atoms with Crippen molar-refractivity contribution in [1.82, 2.24) is 24.2 Å². The molecule has 0 aliphatic carbocycles. The summed E-state index contributed by atoms with van der Waals surface area (Å²) >= 11 is 0. The van der Waals surface area contributed by atoms with E-state index in [1.165, 1.54) is 6.20 Å². The highest BCUT2D eigenvalue weighted by Gasteiger charge is 2.34. The first kappa shape index (κ1) is 20.9. The summed E-state index contributed by atoms with van der Waals surface area (Å²) in [5.74, 6) is -0.203. The Hall–Kier alpha value is -3.34. The highest BCUT2D eigenvalue weighted by Crippen LogP contribution is 2.35. The van der Waals surface area contributed by atoms with Gasteiger partial charge in [-0.25, -0.2) is 14.8 Å². The average Bonchev–Trinajstić information content (AvgIpc) is 3.33. The second-order valence-corrected chi connectivity index (χ2v) is 7.75. The molecule has 1 fully saturated rings. The maximum Gasteiger partial charge on any atom is 0.419 e. The van der Waals surface area contributed by atoms with Gasteiger partial charge in [0.25, 0.3) is 0 Å². The molecule has 0 radical (unpaired) electrons. The number of nitrogens with one attached hydrogen (secondary N) is 1. The van der Waals surface area contributed by atoms with Crippen LogP contribution in [-0.2, 0) is 6.18 Å². The van der Waals surface area contributed by atoms with Crippen LogP contribution in [-0.4, -0.2) is 63.4 Å². The first-order chi connectivity index (χ1) is 14.6.